The fourth-order valence-electron chi connectivity index (χ4n) is 5.36. The maximum atomic E-state index is 12.7. The zero-order chi connectivity index (χ0) is 24.0. The third-order valence-corrected chi connectivity index (χ3v) is 9.16. The molecule has 1 aromatic rings. The summed E-state index contributed by atoms with van der Waals surface area (Å²) in [6, 6.07) is 1.79. The molecule has 0 unspecified atom stereocenters. The third kappa shape index (κ3) is 6.34. The number of ether oxygens (including phenoxy) is 3. The van der Waals surface area contributed by atoms with Gasteiger partial charge in [0.2, 0.25) is 15.9 Å². The number of hydrogen-bond donors (Lipinski definition) is 2. The lowest BCUT2D eigenvalue weighted by Gasteiger charge is -2.36. The van der Waals surface area contributed by atoms with Gasteiger partial charge in [0.25, 0.3) is 0 Å². The minimum Gasteiger partial charge on any atom is -0.470 e. The summed E-state index contributed by atoms with van der Waals surface area (Å²) in [7, 11) is -3.40. The maximum Gasteiger partial charge on any atom is 0.217 e. The van der Waals surface area contributed by atoms with Crippen molar-refractivity contribution in [3.63, 3.8) is 0 Å². The van der Waals surface area contributed by atoms with Gasteiger partial charge < -0.3 is 19.5 Å². The number of carbonyl (C=O) groups excluding carboxylic acids is 1. The van der Waals surface area contributed by atoms with Crippen molar-refractivity contribution in [2.45, 2.75) is 81.2 Å². The highest BCUT2D eigenvalue weighted by atomic mass is 32.2. The van der Waals surface area contributed by atoms with Crippen LogP contribution in [0.15, 0.2) is 12.3 Å². The molecule has 3 atom stereocenters. The van der Waals surface area contributed by atoms with Gasteiger partial charge in [-0.3, -0.25) is 4.79 Å². The molecule has 0 spiro atoms. The average Bonchev–Trinajstić information content (AvgIpc) is 3.39. The van der Waals surface area contributed by atoms with Crippen LogP contribution in [0.2, 0.25) is 0 Å². The van der Waals surface area contributed by atoms with E-state index in [1.54, 1.807) is 6.20 Å². The molecule has 1 aliphatic carbocycles. The van der Waals surface area contributed by atoms with Gasteiger partial charge in [0, 0.05) is 30.5 Å². The fraction of sp³-hybridized carbons (Fsp3) is 0.750. The van der Waals surface area contributed by atoms with Crippen LogP contribution < -0.4 is 14.8 Å². The van der Waals surface area contributed by atoms with Gasteiger partial charge in [-0.2, -0.15) is 0 Å². The Morgan fingerprint density at radius 1 is 1.24 bits per heavy atom. The van der Waals surface area contributed by atoms with Crippen molar-refractivity contribution in [3.8, 4) is 5.88 Å². The van der Waals surface area contributed by atoms with Gasteiger partial charge in [-0.25, -0.2) is 18.1 Å². The van der Waals surface area contributed by atoms with E-state index in [1.165, 1.54) is 0 Å². The summed E-state index contributed by atoms with van der Waals surface area (Å²) in [5.74, 6) is 0.891. The van der Waals surface area contributed by atoms with Crippen LogP contribution >= 0.6 is 0 Å². The zero-order valence-electron chi connectivity index (χ0n) is 19.9. The minimum atomic E-state index is -3.40. The van der Waals surface area contributed by atoms with Gasteiger partial charge in [-0.05, 0) is 76.0 Å². The number of aryl methyl sites for hydroxylation is 1. The Labute approximate surface area is 202 Å². The summed E-state index contributed by atoms with van der Waals surface area (Å²) in [4.78, 5) is 15.1. The molecule has 3 aliphatic rings. The van der Waals surface area contributed by atoms with Gasteiger partial charge >= 0.3 is 0 Å². The van der Waals surface area contributed by atoms with Crippen LogP contribution in [-0.4, -0.2) is 76.1 Å². The second-order valence-corrected chi connectivity index (χ2v) is 11.6. The molecule has 2 saturated heterocycles. The van der Waals surface area contributed by atoms with Crippen molar-refractivity contribution in [3.05, 3.63) is 23.4 Å². The first kappa shape index (κ1) is 25.5. The summed E-state index contributed by atoms with van der Waals surface area (Å²) in [5.41, 5.74) is 2.23. The molecule has 10 heteroatoms. The molecule has 0 amide bonds. The molecule has 1 saturated carbocycles. The number of rotatable bonds is 10. The number of aromatic nitrogens is 1. The predicted molar refractivity (Wildman–Crippen MR) is 128 cm³/mol. The molecule has 0 bridgehead atoms. The van der Waals surface area contributed by atoms with E-state index in [0.717, 1.165) is 62.5 Å². The SMILES string of the molecule is Cc1ccnc(OCC=O)c1C1CCC(OC[C@@H]2NCCC[C@@H]2NS(=O)(=O)[C@@H]2CCOC2)CC1. The number of carbonyl (C=O) groups is 1. The smallest absolute Gasteiger partial charge is 0.217 e. The Kier molecular flexibility index (Phi) is 8.92. The second kappa shape index (κ2) is 11.9. The van der Waals surface area contributed by atoms with Gasteiger partial charge in [-0.15, -0.1) is 0 Å². The third-order valence-electron chi connectivity index (χ3n) is 7.28. The van der Waals surface area contributed by atoms with E-state index in [2.05, 4.69) is 21.9 Å². The molecule has 3 fully saturated rings. The largest absolute Gasteiger partial charge is 0.470 e. The predicted octanol–water partition coefficient (Wildman–Crippen LogP) is 1.84. The number of pyridine rings is 1. The average molecular weight is 496 g/mol. The second-order valence-electron chi connectivity index (χ2n) is 9.59. The van der Waals surface area contributed by atoms with Gasteiger partial charge in [0.05, 0.1) is 19.3 Å². The Balaban J connectivity index is 1.29. The molecular weight excluding hydrogens is 458 g/mol. The highest BCUT2D eigenvalue weighted by Crippen LogP contribution is 2.39. The Hall–Kier alpha value is -1.59. The van der Waals surface area contributed by atoms with Crippen LogP contribution in [0.5, 0.6) is 5.88 Å². The molecule has 3 heterocycles. The van der Waals surface area contributed by atoms with Crippen LogP contribution in [0.4, 0.5) is 0 Å². The highest BCUT2D eigenvalue weighted by molar-refractivity contribution is 7.90. The van der Waals surface area contributed by atoms with Crippen LogP contribution in [0.3, 0.4) is 0 Å². The highest BCUT2D eigenvalue weighted by Gasteiger charge is 2.35. The summed E-state index contributed by atoms with van der Waals surface area (Å²) < 4.78 is 45.6. The summed E-state index contributed by atoms with van der Waals surface area (Å²) in [6.45, 7) is 4.21. The van der Waals surface area contributed by atoms with Crippen molar-refractivity contribution in [1.29, 1.82) is 0 Å². The molecular formula is C24H37N3O6S. The number of nitrogens with one attached hydrogen (secondary N) is 2. The quantitative estimate of drug-likeness (QED) is 0.473. The maximum absolute atomic E-state index is 12.7. The zero-order valence-corrected chi connectivity index (χ0v) is 20.7. The van der Waals surface area contributed by atoms with Crippen molar-refractivity contribution < 1.29 is 27.4 Å². The molecule has 0 radical (unpaired) electrons. The Morgan fingerprint density at radius 3 is 2.79 bits per heavy atom. The molecule has 9 nitrogen and oxygen atoms in total. The summed E-state index contributed by atoms with van der Waals surface area (Å²) in [5, 5.41) is 3.00. The molecule has 1 aromatic heterocycles. The van der Waals surface area contributed by atoms with E-state index >= 15 is 0 Å². The minimum absolute atomic E-state index is 0.00892. The van der Waals surface area contributed by atoms with Gasteiger partial charge in [-0.1, -0.05) is 0 Å². The van der Waals surface area contributed by atoms with Crippen LogP contribution in [-0.2, 0) is 24.3 Å². The van der Waals surface area contributed by atoms with E-state index < -0.39 is 15.3 Å². The number of nitrogens with zero attached hydrogens (tertiary/aromatic N) is 1. The molecule has 2 N–H and O–H groups in total. The van der Waals surface area contributed by atoms with Crippen molar-refractivity contribution in [2.75, 3.05) is 33.0 Å². The fourth-order valence-corrected chi connectivity index (χ4v) is 6.94. The van der Waals surface area contributed by atoms with E-state index in [0.29, 0.717) is 31.4 Å². The molecule has 2 aliphatic heterocycles. The number of aldehydes is 1. The van der Waals surface area contributed by atoms with E-state index in [9.17, 15) is 13.2 Å². The normalized spacial score (nSPS) is 30.2. The topological polar surface area (TPSA) is 116 Å². The first-order chi connectivity index (χ1) is 16.5. The molecule has 4 rings (SSSR count). The number of piperidine rings is 1. The van der Waals surface area contributed by atoms with E-state index in [-0.39, 0.29) is 31.4 Å². The number of hydrogen-bond acceptors (Lipinski definition) is 8. The first-order valence-corrected chi connectivity index (χ1v) is 14.0. The van der Waals surface area contributed by atoms with E-state index in [1.807, 2.05) is 6.07 Å². The summed E-state index contributed by atoms with van der Waals surface area (Å²) >= 11 is 0. The van der Waals surface area contributed by atoms with Crippen LogP contribution in [0, 0.1) is 6.92 Å². The molecule has 190 valence electrons. The lowest BCUT2D eigenvalue weighted by atomic mass is 9.81. The Morgan fingerprint density at radius 2 is 2.06 bits per heavy atom. The Bertz CT molecular complexity index is 913. The standard InChI is InChI=1S/C24H37N3O6S/c1-17-8-11-26-24(32-14-12-28)23(17)18-4-6-19(7-5-18)33-16-22-21(3-2-10-25-22)27-34(29,30)20-9-13-31-15-20/h8,11-12,18-22,25,27H,2-7,9-10,13-16H2,1H3/t18?,19?,20-,21+,22+/m1/s1. The van der Waals surface area contributed by atoms with Gasteiger partial charge in [0.1, 0.15) is 11.9 Å². The monoisotopic (exact) mass is 495 g/mol. The van der Waals surface area contributed by atoms with Crippen molar-refractivity contribution in [1.82, 2.24) is 15.0 Å². The number of sulfonamides is 1. The van der Waals surface area contributed by atoms with Crippen LogP contribution in [0.1, 0.15) is 62.0 Å². The lowest BCUT2D eigenvalue weighted by Crippen LogP contribution is -2.57. The van der Waals surface area contributed by atoms with Crippen LogP contribution in [0.25, 0.3) is 0 Å². The summed E-state index contributed by atoms with van der Waals surface area (Å²) in [6.07, 6.45) is 8.69. The first-order valence-electron chi connectivity index (χ1n) is 12.4. The lowest BCUT2D eigenvalue weighted by molar-refractivity contribution is -0.109. The molecule has 34 heavy (non-hydrogen) atoms. The molecule has 0 aromatic carbocycles. The van der Waals surface area contributed by atoms with Crippen molar-refractivity contribution >= 4 is 16.3 Å². The van der Waals surface area contributed by atoms with Gasteiger partial charge in [0.15, 0.2) is 6.29 Å². The van der Waals surface area contributed by atoms with E-state index in [4.69, 9.17) is 14.2 Å². The van der Waals surface area contributed by atoms with Crippen molar-refractivity contribution in [2.24, 2.45) is 0 Å².